The fourth-order valence-corrected chi connectivity index (χ4v) is 3.88. The Morgan fingerprint density at radius 2 is 1.52 bits per heavy atom. The molecular weight excluding hydrogens is 310 g/mol. The van der Waals surface area contributed by atoms with Crippen LogP contribution in [0.1, 0.15) is 12.0 Å². The van der Waals surface area contributed by atoms with Crippen LogP contribution in [0, 0.1) is 0 Å². The Morgan fingerprint density at radius 3 is 2.32 bits per heavy atom. The summed E-state index contributed by atoms with van der Waals surface area (Å²) in [6.45, 7) is 6.24. The van der Waals surface area contributed by atoms with Crippen LogP contribution in [-0.4, -0.2) is 50.1 Å². The van der Waals surface area contributed by atoms with Crippen molar-refractivity contribution in [3.05, 3.63) is 60.2 Å². The number of carbonyl (C=O) groups is 1. The molecular formula is C21H25N3O. The van der Waals surface area contributed by atoms with Gasteiger partial charge >= 0.3 is 0 Å². The van der Waals surface area contributed by atoms with Gasteiger partial charge in [0.15, 0.2) is 0 Å². The lowest BCUT2D eigenvalue weighted by Crippen LogP contribution is -2.47. The van der Waals surface area contributed by atoms with Crippen molar-refractivity contribution in [2.75, 3.05) is 49.1 Å². The smallest absolute Gasteiger partial charge is 0.231 e. The first kappa shape index (κ1) is 16.2. The van der Waals surface area contributed by atoms with Gasteiger partial charge in [-0.05, 0) is 36.7 Å². The number of carbonyl (C=O) groups excluding carboxylic acids is 1. The molecule has 2 aliphatic rings. The molecule has 2 aromatic rings. The maximum atomic E-state index is 12.2. The lowest BCUT2D eigenvalue weighted by molar-refractivity contribution is -0.117. The fraction of sp³-hybridized carbons (Fsp3) is 0.381. The number of rotatable bonds is 5. The zero-order valence-corrected chi connectivity index (χ0v) is 14.6. The van der Waals surface area contributed by atoms with Crippen molar-refractivity contribution >= 4 is 17.3 Å². The van der Waals surface area contributed by atoms with Gasteiger partial charge < -0.3 is 9.80 Å². The summed E-state index contributed by atoms with van der Waals surface area (Å²) in [5.41, 5.74) is 3.60. The number of hydrogen-bond donors (Lipinski definition) is 0. The highest BCUT2D eigenvalue weighted by molar-refractivity contribution is 6.01. The van der Waals surface area contributed by atoms with E-state index >= 15 is 0 Å². The van der Waals surface area contributed by atoms with Crippen LogP contribution in [-0.2, 0) is 11.2 Å². The minimum Gasteiger partial charge on any atom is -0.369 e. The van der Waals surface area contributed by atoms with Crippen molar-refractivity contribution in [1.29, 1.82) is 0 Å². The SMILES string of the molecule is O=C1Cc2ccccc2N1CCCN1CCN(c2ccccc2)CC1. The van der Waals surface area contributed by atoms with Gasteiger partial charge in [0.25, 0.3) is 0 Å². The minimum atomic E-state index is 0.245. The number of anilines is 2. The molecule has 2 aromatic carbocycles. The molecule has 4 heteroatoms. The van der Waals surface area contributed by atoms with E-state index in [1.807, 2.05) is 17.0 Å². The van der Waals surface area contributed by atoms with Gasteiger partial charge in [0, 0.05) is 44.1 Å². The van der Waals surface area contributed by atoms with Crippen molar-refractivity contribution in [3.8, 4) is 0 Å². The Morgan fingerprint density at radius 1 is 0.800 bits per heavy atom. The van der Waals surface area contributed by atoms with Crippen molar-refractivity contribution in [1.82, 2.24) is 4.90 Å². The second kappa shape index (κ2) is 7.28. The van der Waals surface area contributed by atoms with Crippen LogP contribution in [0.5, 0.6) is 0 Å². The van der Waals surface area contributed by atoms with Gasteiger partial charge in [-0.1, -0.05) is 36.4 Å². The standard InChI is InChI=1S/C21H25N3O/c25-21-17-18-7-4-5-10-20(18)24(21)12-6-11-22-13-15-23(16-14-22)19-8-2-1-3-9-19/h1-5,7-10H,6,11-17H2. The van der Waals surface area contributed by atoms with Crippen LogP contribution < -0.4 is 9.80 Å². The molecule has 0 unspecified atom stereocenters. The van der Waals surface area contributed by atoms with Gasteiger partial charge in [-0.25, -0.2) is 0 Å². The van der Waals surface area contributed by atoms with Crippen LogP contribution in [0.3, 0.4) is 0 Å². The fourth-order valence-electron chi connectivity index (χ4n) is 3.88. The first-order valence-electron chi connectivity index (χ1n) is 9.22. The molecule has 0 aromatic heterocycles. The molecule has 0 aliphatic carbocycles. The van der Waals surface area contributed by atoms with Crippen LogP contribution in [0.15, 0.2) is 54.6 Å². The summed E-state index contributed by atoms with van der Waals surface area (Å²) < 4.78 is 0. The summed E-state index contributed by atoms with van der Waals surface area (Å²) in [7, 11) is 0. The van der Waals surface area contributed by atoms with Gasteiger partial charge in [0.2, 0.25) is 5.91 Å². The number of hydrogen-bond acceptors (Lipinski definition) is 3. The molecule has 0 saturated carbocycles. The zero-order chi connectivity index (χ0) is 17.1. The van der Waals surface area contributed by atoms with Gasteiger partial charge in [-0.2, -0.15) is 0 Å². The molecule has 1 saturated heterocycles. The first-order valence-corrected chi connectivity index (χ1v) is 9.22. The Labute approximate surface area is 149 Å². The third kappa shape index (κ3) is 3.54. The highest BCUT2D eigenvalue weighted by Gasteiger charge is 2.26. The summed E-state index contributed by atoms with van der Waals surface area (Å²) in [5, 5.41) is 0. The summed E-state index contributed by atoms with van der Waals surface area (Å²) >= 11 is 0. The molecule has 4 nitrogen and oxygen atoms in total. The van der Waals surface area contributed by atoms with E-state index in [4.69, 9.17) is 0 Å². The molecule has 4 rings (SSSR count). The average molecular weight is 335 g/mol. The van der Waals surface area contributed by atoms with Crippen molar-refractivity contribution in [3.63, 3.8) is 0 Å². The predicted molar refractivity (Wildman–Crippen MR) is 102 cm³/mol. The highest BCUT2D eigenvalue weighted by Crippen LogP contribution is 2.28. The summed E-state index contributed by atoms with van der Waals surface area (Å²) in [6.07, 6.45) is 1.59. The summed E-state index contributed by atoms with van der Waals surface area (Å²) in [6, 6.07) is 18.8. The number of fused-ring (bicyclic) bond motifs is 1. The molecule has 25 heavy (non-hydrogen) atoms. The molecule has 0 radical (unpaired) electrons. The van der Waals surface area contributed by atoms with Gasteiger partial charge in [-0.15, -0.1) is 0 Å². The van der Waals surface area contributed by atoms with E-state index in [0.717, 1.165) is 51.4 Å². The molecule has 1 fully saturated rings. The Kier molecular flexibility index (Phi) is 4.70. The lowest BCUT2D eigenvalue weighted by Gasteiger charge is -2.36. The van der Waals surface area contributed by atoms with Crippen LogP contribution in [0.2, 0.25) is 0 Å². The maximum absolute atomic E-state index is 12.2. The monoisotopic (exact) mass is 335 g/mol. The molecule has 0 atom stereocenters. The molecule has 0 bridgehead atoms. The number of benzene rings is 2. The topological polar surface area (TPSA) is 26.8 Å². The summed E-state index contributed by atoms with van der Waals surface area (Å²) in [4.78, 5) is 19.2. The second-order valence-corrected chi connectivity index (χ2v) is 6.87. The molecule has 1 amide bonds. The summed E-state index contributed by atoms with van der Waals surface area (Å²) in [5.74, 6) is 0.245. The first-order chi connectivity index (χ1) is 12.3. The van der Waals surface area contributed by atoms with Gasteiger partial charge in [0.1, 0.15) is 0 Å². The third-order valence-corrected chi connectivity index (χ3v) is 5.27. The molecule has 2 aliphatic heterocycles. The normalized spacial score (nSPS) is 17.8. The van der Waals surface area contributed by atoms with E-state index in [2.05, 4.69) is 52.3 Å². The van der Waals surface area contributed by atoms with Crippen LogP contribution >= 0.6 is 0 Å². The molecule has 0 spiro atoms. The Hall–Kier alpha value is -2.33. The Bertz CT molecular complexity index is 723. The lowest BCUT2D eigenvalue weighted by atomic mass is 10.2. The van der Waals surface area contributed by atoms with Crippen LogP contribution in [0.4, 0.5) is 11.4 Å². The number of nitrogens with zero attached hydrogens (tertiary/aromatic N) is 3. The predicted octanol–water partition coefficient (Wildman–Crippen LogP) is 2.79. The maximum Gasteiger partial charge on any atom is 0.231 e. The van der Waals surface area contributed by atoms with E-state index in [1.165, 1.54) is 11.3 Å². The molecule has 130 valence electrons. The minimum absolute atomic E-state index is 0.245. The van der Waals surface area contributed by atoms with Gasteiger partial charge in [0.05, 0.1) is 6.42 Å². The van der Waals surface area contributed by atoms with Gasteiger partial charge in [-0.3, -0.25) is 9.69 Å². The average Bonchev–Trinajstić information content (AvgIpc) is 2.99. The molecule has 2 heterocycles. The number of para-hydroxylation sites is 2. The molecule has 0 N–H and O–H groups in total. The van der Waals surface area contributed by atoms with Crippen molar-refractivity contribution in [2.24, 2.45) is 0 Å². The largest absolute Gasteiger partial charge is 0.369 e. The van der Waals surface area contributed by atoms with E-state index < -0.39 is 0 Å². The highest BCUT2D eigenvalue weighted by atomic mass is 16.2. The number of piperazine rings is 1. The van der Waals surface area contributed by atoms with Crippen LogP contribution in [0.25, 0.3) is 0 Å². The Balaban J connectivity index is 1.25. The third-order valence-electron chi connectivity index (χ3n) is 5.27. The second-order valence-electron chi connectivity index (χ2n) is 6.87. The number of amides is 1. The van der Waals surface area contributed by atoms with E-state index in [-0.39, 0.29) is 5.91 Å². The van der Waals surface area contributed by atoms with Crippen molar-refractivity contribution < 1.29 is 4.79 Å². The quantitative estimate of drug-likeness (QED) is 0.841. The van der Waals surface area contributed by atoms with E-state index in [1.54, 1.807) is 0 Å². The van der Waals surface area contributed by atoms with E-state index in [0.29, 0.717) is 6.42 Å². The van der Waals surface area contributed by atoms with Crippen molar-refractivity contribution in [2.45, 2.75) is 12.8 Å². The van der Waals surface area contributed by atoms with E-state index in [9.17, 15) is 4.79 Å². The zero-order valence-electron chi connectivity index (χ0n) is 14.6.